The van der Waals surface area contributed by atoms with Crippen LogP contribution in [0.25, 0.3) is 5.69 Å². The Kier molecular flexibility index (Phi) is 3.96. The maximum Gasteiger partial charge on any atom is 0.368 e. The van der Waals surface area contributed by atoms with Gasteiger partial charge in [-0.05, 0) is 34.9 Å². The minimum atomic E-state index is -0.842. The smallest absolute Gasteiger partial charge is 0.244 e. The molecule has 0 aliphatic rings. The van der Waals surface area contributed by atoms with Gasteiger partial charge in [-0.1, -0.05) is 26.3 Å². The first kappa shape index (κ1) is 14.4. The molecule has 108 valence electrons. The third kappa shape index (κ3) is 2.48. The summed E-state index contributed by atoms with van der Waals surface area (Å²) in [6.45, 7) is 5.80. The number of benzene rings is 1. The molecule has 1 aromatic carbocycles. The number of aryl methyl sites for hydroxylation is 1. The van der Waals surface area contributed by atoms with Gasteiger partial charge in [0, 0.05) is 0 Å². The quantitative estimate of drug-likeness (QED) is 0.862. The van der Waals surface area contributed by atoms with Crippen molar-refractivity contribution >= 4 is 0 Å². The van der Waals surface area contributed by atoms with Gasteiger partial charge in [-0.15, -0.1) is 0 Å². The topological polar surface area (TPSA) is 52.7 Å². The molecule has 2 aromatic rings. The van der Waals surface area contributed by atoms with Gasteiger partial charge in [0.05, 0.1) is 6.54 Å². The highest BCUT2D eigenvalue weighted by Crippen LogP contribution is 2.18. The number of nitrogens with zero attached hydrogens (tertiary/aromatic N) is 4. The molecule has 7 heteroatoms. The largest absolute Gasteiger partial charge is 0.368 e. The molecule has 0 bridgehead atoms. The van der Waals surface area contributed by atoms with Gasteiger partial charge in [0.1, 0.15) is 5.69 Å². The van der Waals surface area contributed by atoms with E-state index >= 15 is 0 Å². The number of hydrogen-bond acceptors (Lipinski definition) is 3. The normalized spacial score (nSPS) is 12.7. The Labute approximate surface area is 114 Å². The lowest BCUT2D eigenvalue weighted by Gasteiger charge is -2.06. The van der Waals surface area contributed by atoms with Crippen molar-refractivity contribution in [3.05, 3.63) is 39.8 Å². The van der Waals surface area contributed by atoms with E-state index in [1.165, 1.54) is 13.0 Å². The number of halogens is 2. The number of hydrogen-bond donors (Lipinski definition) is 0. The van der Waals surface area contributed by atoms with Gasteiger partial charge in [-0.2, -0.15) is 9.36 Å². The third-order valence-corrected chi connectivity index (χ3v) is 3.29. The van der Waals surface area contributed by atoms with Crippen LogP contribution in [0.1, 0.15) is 25.8 Å². The zero-order valence-electron chi connectivity index (χ0n) is 11.6. The van der Waals surface area contributed by atoms with Gasteiger partial charge in [-0.3, -0.25) is 0 Å². The molecule has 0 N–H and O–H groups in total. The predicted molar refractivity (Wildman–Crippen MR) is 69.7 cm³/mol. The van der Waals surface area contributed by atoms with Crippen LogP contribution in [-0.4, -0.2) is 19.8 Å². The van der Waals surface area contributed by atoms with Crippen molar-refractivity contribution in [2.45, 2.75) is 33.7 Å². The van der Waals surface area contributed by atoms with Crippen LogP contribution in [0.3, 0.4) is 0 Å². The van der Waals surface area contributed by atoms with Gasteiger partial charge >= 0.3 is 5.69 Å². The van der Waals surface area contributed by atoms with Crippen molar-refractivity contribution < 1.29 is 8.78 Å². The average Bonchev–Trinajstić information content (AvgIpc) is 2.77. The van der Waals surface area contributed by atoms with Gasteiger partial charge in [-0.25, -0.2) is 13.6 Å². The van der Waals surface area contributed by atoms with E-state index in [9.17, 15) is 13.6 Å². The van der Waals surface area contributed by atoms with Gasteiger partial charge in [0.25, 0.3) is 0 Å². The molecule has 5 nitrogen and oxygen atoms in total. The van der Waals surface area contributed by atoms with Crippen LogP contribution in [0.2, 0.25) is 0 Å². The second-order valence-electron chi connectivity index (χ2n) is 4.90. The summed E-state index contributed by atoms with van der Waals surface area (Å²) < 4.78 is 29.5. The average molecular weight is 282 g/mol. The molecule has 1 aromatic heterocycles. The first-order valence-electron chi connectivity index (χ1n) is 6.43. The zero-order chi connectivity index (χ0) is 14.9. The summed E-state index contributed by atoms with van der Waals surface area (Å²) in [7, 11) is 0. The lowest BCUT2D eigenvalue weighted by atomic mass is 10.1. The Hall–Kier alpha value is -2.05. The third-order valence-electron chi connectivity index (χ3n) is 3.29. The Balaban J connectivity index is 2.51. The summed E-state index contributed by atoms with van der Waals surface area (Å²) in [4.78, 5) is 12.1. The SMILES string of the molecule is CCC(C)Cn1nnn(-c2c(F)ccc(C)c2F)c1=O. The Bertz CT molecular complexity index is 677. The number of rotatable bonds is 4. The van der Waals surface area contributed by atoms with E-state index in [0.29, 0.717) is 11.2 Å². The second-order valence-corrected chi connectivity index (χ2v) is 4.90. The van der Waals surface area contributed by atoms with E-state index in [4.69, 9.17) is 0 Å². The minimum absolute atomic E-state index is 0.227. The Morgan fingerprint density at radius 1 is 1.30 bits per heavy atom. The molecular formula is C13H16F2N4O. The molecule has 0 spiro atoms. The minimum Gasteiger partial charge on any atom is -0.244 e. The molecule has 1 unspecified atom stereocenters. The van der Waals surface area contributed by atoms with Gasteiger partial charge in [0.15, 0.2) is 11.6 Å². The van der Waals surface area contributed by atoms with Gasteiger partial charge < -0.3 is 0 Å². The second kappa shape index (κ2) is 5.52. The molecule has 1 atom stereocenters. The summed E-state index contributed by atoms with van der Waals surface area (Å²) in [6.07, 6.45) is 0.868. The lowest BCUT2D eigenvalue weighted by Crippen LogP contribution is -2.27. The van der Waals surface area contributed by atoms with Crippen molar-refractivity contribution in [2.75, 3.05) is 0 Å². The summed E-state index contributed by atoms with van der Waals surface area (Å²) >= 11 is 0. The fourth-order valence-electron chi connectivity index (χ4n) is 1.79. The van der Waals surface area contributed by atoms with E-state index in [2.05, 4.69) is 10.4 Å². The fraction of sp³-hybridized carbons (Fsp3) is 0.462. The molecular weight excluding hydrogens is 266 g/mol. The highest BCUT2D eigenvalue weighted by Gasteiger charge is 2.19. The van der Waals surface area contributed by atoms with Crippen LogP contribution in [0.4, 0.5) is 8.78 Å². The van der Waals surface area contributed by atoms with Crippen LogP contribution < -0.4 is 5.69 Å². The van der Waals surface area contributed by atoms with Crippen LogP contribution >= 0.6 is 0 Å². The molecule has 2 rings (SSSR count). The van der Waals surface area contributed by atoms with E-state index in [1.54, 1.807) is 0 Å². The van der Waals surface area contributed by atoms with E-state index < -0.39 is 23.0 Å². The summed E-state index contributed by atoms with van der Waals surface area (Å²) in [5.74, 6) is -1.42. The van der Waals surface area contributed by atoms with Crippen molar-refractivity contribution in [3.8, 4) is 5.69 Å². The maximum atomic E-state index is 14.0. The van der Waals surface area contributed by atoms with Crippen molar-refractivity contribution in [3.63, 3.8) is 0 Å². The maximum absolute atomic E-state index is 14.0. The highest BCUT2D eigenvalue weighted by molar-refractivity contribution is 5.37. The van der Waals surface area contributed by atoms with E-state index in [1.807, 2.05) is 13.8 Å². The molecule has 0 aliphatic carbocycles. The monoisotopic (exact) mass is 282 g/mol. The van der Waals surface area contributed by atoms with E-state index in [0.717, 1.165) is 17.2 Å². The first-order valence-corrected chi connectivity index (χ1v) is 6.43. The molecule has 20 heavy (non-hydrogen) atoms. The van der Waals surface area contributed by atoms with Gasteiger partial charge in [0.2, 0.25) is 0 Å². The lowest BCUT2D eigenvalue weighted by molar-refractivity contribution is 0.423. The fourth-order valence-corrected chi connectivity index (χ4v) is 1.79. The Morgan fingerprint density at radius 2 is 2.00 bits per heavy atom. The Morgan fingerprint density at radius 3 is 2.65 bits per heavy atom. The molecule has 0 saturated heterocycles. The molecule has 0 aliphatic heterocycles. The standard InChI is InChI=1S/C13H16F2N4O/c1-4-8(2)7-18-13(20)19(17-16-18)12-10(14)6-5-9(3)11(12)15/h5-6,8H,4,7H2,1-3H3. The molecule has 0 radical (unpaired) electrons. The van der Waals surface area contributed by atoms with Crippen molar-refractivity contribution in [2.24, 2.45) is 5.92 Å². The molecule has 0 saturated carbocycles. The van der Waals surface area contributed by atoms with Crippen molar-refractivity contribution in [1.82, 2.24) is 19.8 Å². The van der Waals surface area contributed by atoms with Crippen LogP contribution in [0.5, 0.6) is 0 Å². The predicted octanol–water partition coefficient (Wildman–Crippen LogP) is 2.06. The first-order chi connectivity index (χ1) is 9.45. The molecule has 0 amide bonds. The highest BCUT2D eigenvalue weighted by atomic mass is 19.1. The summed E-state index contributed by atoms with van der Waals surface area (Å²) in [5.41, 5.74) is -0.885. The summed E-state index contributed by atoms with van der Waals surface area (Å²) in [5, 5.41) is 7.25. The van der Waals surface area contributed by atoms with Crippen molar-refractivity contribution in [1.29, 1.82) is 0 Å². The molecule has 0 fully saturated rings. The molecule has 1 heterocycles. The summed E-state index contributed by atoms with van der Waals surface area (Å²) in [6, 6.07) is 2.41. The van der Waals surface area contributed by atoms with Crippen LogP contribution in [-0.2, 0) is 6.54 Å². The van der Waals surface area contributed by atoms with E-state index in [-0.39, 0.29) is 11.5 Å². The van der Waals surface area contributed by atoms with Crippen LogP contribution in [0.15, 0.2) is 16.9 Å². The number of aromatic nitrogens is 4. The van der Waals surface area contributed by atoms with Crippen LogP contribution in [0, 0.1) is 24.5 Å². The zero-order valence-corrected chi connectivity index (χ0v) is 11.6. The number of tetrazole rings is 1.